The highest BCUT2D eigenvalue weighted by Crippen LogP contribution is 2.49. The van der Waals surface area contributed by atoms with Gasteiger partial charge >= 0.3 is 0 Å². The maximum atomic E-state index is 2.54. The third kappa shape index (κ3) is 4.79. The van der Waals surface area contributed by atoms with Crippen LogP contribution < -0.4 is 4.90 Å². The summed E-state index contributed by atoms with van der Waals surface area (Å²) in [4.78, 5) is 2.54. The lowest BCUT2D eigenvalue weighted by Crippen LogP contribution is -2.11. The van der Waals surface area contributed by atoms with Crippen molar-refractivity contribution in [1.82, 2.24) is 9.13 Å². The molecule has 0 atom stereocenters. The molecule has 0 aliphatic carbocycles. The Kier molecular flexibility index (Phi) is 6.95. The van der Waals surface area contributed by atoms with Gasteiger partial charge in [-0.2, -0.15) is 0 Å². The van der Waals surface area contributed by atoms with Crippen molar-refractivity contribution in [3.63, 3.8) is 0 Å². The van der Waals surface area contributed by atoms with Crippen LogP contribution in [0.2, 0.25) is 0 Å². The number of hydrogen-bond donors (Lipinski definition) is 0. The van der Waals surface area contributed by atoms with Crippen molar-refractivity contribution in [2.45, 2.75) is 0 Å². The molecule has 0 spiro atoms. The standard InChI is InChI=1S/C62H37N3/c1-2-14-44(15-3-1)63-53-18-6-4-16-47(53)51-36-45(28-34-57(51)63)64-54-19-7-5-17-48(54)52-37-46(29-35-58(52)64)65(55-32-26-42-22-20-38-10-8-12-40-24-30-49(55)61(42)59(38)40)56-33-27-43-23-21-39-11-9-13-41-25-31-50(56)62(43)60(39)41/h1-37H. The molecule has 0 bridgehead atoms. The molecule has 0 saturated carbocycles. The van der Waals surface area contributed by atoms with Crippen LogP contribution in [0.1, 0.15) is 0 Å². The van der Waals surface area contributed by atoms with E-state index in [1.54, 1.807) is 0 Å². The van der Waals surface area contributed by atoms with E-state index in [0.717, 1.165) is 28.4 Å². The molecule has 0 unspecified atom stereocenters. The highest BCUT2D eigenvalue weighted by Gasteiger charge is 2.24. The summed E-state index contributed by atoms with van der Waals surface area (Å²) in [6.07, 6.45) is 0. The van der Waals surface area contributed by atoms with Crippen molar-refractivity contribution < 1.29 is 0 Å². The van der Waals surface area contributed by atoms with Gasteiger partial charge in [0.1, 0.15) is 0 Å². The number of para-hydroxylation sites is 3. The first-order valence-corrected chi connectivity index (χ1v) is 22.5. The quantitative estimate of drug-likeness (QED) is 0.158. The van der Waals surface area contributed by atoms with Crippen molar-refractivity contribution in [3.05, 3.63) is 224 Å². The zero-order chi connectivity index (χ0) is 42.3. The van der Waals surface area contributed by atoms with E-state index in [-0.39, 0.29) is 0 Å². The molecule has 13 aromatic carbocycles. The van der Waals surface area contributed by atoms with Crippen molar-refractivity contribution in [1.29, 1.82) is 0 Å². The van der Waals surface area contributed by atoms with E-state index in [9.17, 15) is 0 Å². The van der Waals surface area contributed by atoms with Crippen LogP contribution in [0.3, 0.4) is 0 Å². The van der Waals surface area contributed by atoms with Crippen molar-refractivity contribution in [2.75, 3.05) is 4.90 Å². The van der Waals surface area contributed by atoms with E-state index >= 15 is 0 Å². The predicted molar refractivity (Wildman–Crippen MR) is 277 cm³/mol. The van der Waals surface area contributed by atoms with Crippen LogP contribution in [0.5, 0.6) is 0 Å². The Morgan fingerprint density at radius 2 is 0.677 bits per heavy atom. The van der Waals surface area contributed by atoms with E-state index in [0.29, 0.717) is 0 Å². The smallest absolute Gasteiger partial charge is 0.0542 e. The molecule has 0 amide bonds. The summed E-state index contributed by atoms with van der Waals surface area (Å²) in [5.74, 6) is 0. The number of fused-ring (bicyclic) bond motifs is 6. The summed E-state index contributed by atoms with van der Waals surface area (Å²) in [7, 11) is 0. The Hall–Kier alpha value is -8.66. The average Bonchev–Trinajstić information content (AvgIpc) is 3.88. The second kappa shape index (κ2) is 12.9. The van der Waals surface area contributed by atoms with Gasteiger partial charge in [-0.05, 0) is 127 Å². The molecule has 0 N–H and O–H groups in total. The van der Waals surface area contributed by atoms with E-state index in [4.69, 9.17) is 0 Å². The maximum Gasteiger partial charge on any atom is 0.0542 e. The lowest BCUT2D eigenvalue weighted by molar-refractivity contribution is 1.16. The molecule has 2 aromatic heterocycles. The lowest BCUT2D eigenvalue weighted by atomic mass is 9.91. The topological polar surface area (TPSA) is 13.1 Å². The van der Waals surface area contributed by atoms with Crippen molar-refractivity contribution >= 4 is 125 Å². The molecule has 3 heteroatoms. The molecular formula is C62H37N3. The molecule has 15 rings (SSSR count). The Morgan fingerprint density at radius 3 is 1.25 bits per heavy atom. The average molecular weight is 824 g/mol. The molecule has 300 valence electrons. The molecule has 0 aliphatic heterocycles. The Bertz CT molecular complexity index is 4240. The number of hydrogen-bond acceptors (Lipinski definition) is 1. The van der Waals surface area contributed by atoms with Crippen LogP contribution in [0.4, 0.5) is 17.1 Å². The van der Waals surface area contributed by atoms with E-state index < -0.39 is 0 Å². The summed E-state index contributed by atoms with van der Waals surface area (Å²) in [5, 5.41) is 20.2. The number of anilines is 3. The Balaban J connectivity index is 1.00. The lowest BCUT2D eigenvalue weighted by Gasteiger charge is -2.29. The molecular weight excluding hydrogens is 787 g/mol. The summed E-state index contributed by atoms with van der Waals surface area (Å²) in [6, 6.07) is 83.6. The van der Waals surface area contributed by atoms with Gasteiger partial charge in [-0.3, -0.25) is 0 Å². The first kappa shape index (κ1) is 34.9. The van der Waals surface area contributed by atoms with Gasteiger partial charge in [0.25, 0.3) is 0 Å². The maximum absolute atomic E-state index is 2.54. The molecule has 15 aromatic rings. The summed E-state index contributed by atoms with van der Waals surface area (Å²) in [6.45, 7) is 0. The minimum absolute atomic E-state index is 1.12. The highest BCUT2D eigenvalue weighted by atomic mass is 15.1. The normalized spacial score (nSPS) is 12.3. The molecule has 0 radical (unpaired) electrons. The highest BCUT2D eigenvalue weighted by molar-refractivity contribution is 6.28. The Morgan fingerprint density at radius 1 is 0.246 bits per heavy atom. The van der Waals surface area contributed by atoms with E-state index in [1.807, 2.05) is 0 Å². The SMILES string of the molecule is c1ccc(-n2c3ccccc3c3cc(-n4c5ccccc5c5cc(N(c6ccc7ccc8cccc9ccc6c7c89)c6ccc7ccc8cccc9ccc6c7c89)ccc54)ccc32)cc1. The van der Waals surface area contributed by atoms with Crippen LogP contribution in [-0.4, -0.2) is 9.13 Å². The minimum atomic E-state index is 1.12. The fourth-order valence-electron chi connectivity index (χ4n) is 11.6. The molecule has 0 aliphatic rings. The Labute approximate surface area is 373 Å². The molecule has 0 fully saturated rings. The predicted octanol–water partition coefficient (Wildman–Crippen LogP) is 17.1. The van der Waals surface area contributed by atoms with Crippen molar-refractivity contribution in [2.24, 2.45) is 0 Å². The van der Waals surface area contributed by atoms with Gasteiger partial charge in [0.05, 0.1) is 33.4 Å². The van der Waals surface area contributed by atoms with Gasteiger partial charge in [0, 0.05) is 49.4 Å². The van der Waals surface area contributed by atoms with Gasteiger partial charge in [-0.15, -0.1) is 0 Å². The monoisotopic (exact) mass is 823 g/mol. The van der Waals surface area contributed by atoms with Crippen LogP contribution in [0.15, 0.2) is 224 Å². The van der Waals surface area contributed by atoms with Gasteiger partial charge in [0.15, 0.2) is 0 Å². The van der Waals surface area contributed by atoms with Gasteiger partial charge in [0.2, 0.25) is 0 Å². The number of rotatable bonds is 5. The molecule has 65 heavy (non-hydrogen) atoms. The minimum Gasteiger partial charge on any atom is -0.309 e. The van der Waals surface area contributed by atoms with Gasteiger partial charge in [-0.1, -0.05) is 152 Å². The summed E-state index contributed by atoms with van der Waals surface area (Å²) in [5.41, 5.74) is 10.5. The fraction of sp³-hybridized carbons (Fsp3) is 0. The molecule has 0 saturated heterocycles. The first-order valence-electron chi connectivity index (χ1n) is 22.5. The second-order valence-corrected chi connectivity index (χ2v) is 17.7. The van der Waals surface area contributed by atoms with Crippen LogP contribution >= 0.6 is 0 Å². The van der Waals surface area contributed by atoms with E-state index in [2.05, 4.69) is 238 Å². The third-order valence-electron chi connectivity index (χ3n) is 14.3. The molecule has 3 nitrogen and oxygen atoms in total. The first-order chi connectivity index (χ1) is 32.2. The fourth-order valence-corrected chi connectivity index (χ4v) is 11.6. The summed E-state index contributed by atoms with van der Waals surface area (Å²) < 4.78 is 4.85. The zero-order valence-corrected chi connectivity index (χ0v) is 35.2. The van der Waals surface area contributed by atoms with E-state index in [1.165, 1.54) is 108 Å². The number of nitrogens with zero attached hydrogens (tertiary/aromatic N) is 3. The molecule has 2 heterocycles. The second-order valence-electron chi connectivity index (χ2n) is 17.7. The zero-order valence-electron chi connectivity index (χ0n) is 35.2. The number of benzene rings is 13. The van der Waals surface area contributed by atoms with Crippen LogP contribution in [-0.2, 0) is 0 Å². The third-order valence-corrected chi connectivity index (χ3v) is 14.3. The van der Waals surface area contributed by atoms with Crippen LogP contribution in [0.25, 0.3) is 120 Å². The van der Waals surface area contributed by atoms with Crippen molar-refractivity contribution in [3.8, 4) is 11.4 Å². The van der Waals surface area contributed by atoms with Gasteiger partial charge < -0.3 is 14.0 Å². The van der Waals surface area contributed by atoms with Gasteiger partial charge in [-0.25, -0.2) is 0 Å². The number of aromatic nitrogens is 2. The largest absolute Gasteiger partial charge is 0.309 e. The van der Waals surface area contributed by atoms with Crippen LogP contribution in [0, 0.1) is 0 Å². The summed E-state index contributed by atoms with van der Waals surface area (Å²) >= 11 is 0.